The van der Waals surface area contributed by atoms with Crippen LogP contribution in [0.5, 0.6) is 11.5 Å². The van der Waals surface area contributed by atoms with Crippen molar-refractivity contribution in [2.45, 2.75) is 45.1 Å². The van der Waals surface area contributed by atoms with E-state index in [4.69, 9.17) is 14.2 Å². The highest BCUT2D eigenvalue weighted by molar-refractivity contribution is 5.99. The molecule has 5 nitrogen and oxygen atoms in total. The molecule has 0 fully saturated rings. The van der Waals surface area contributed by atoms with E-state index in [-0.39, 0.29) is 23.7 Å². The third kappa shape index (κ3) is 5.89. The van der Waals surface area contributed by atoms with E-state index in [1.165, 1.54) is 26.2 Å². The van der Waals surface area contributed by atoms with Crippen LogP contribution in [0.3, 0.4) is 0 Å². The van der Waals surface area contributed by atoms with E-state index >= 15 is 0 Å². The van der Waals surface area contributed by atoms with Gasteiger partial charge in [0.1, 0.15) is 23.2 Å². The van der Waals surface area contributed by atoms with Gasteiger partial charge in [0.05, 0.1) is 18.3 Å². The number of carbonyl (C=O) groups excluding carboxylic acids is 1. The fourth-order valence-electron chi connectivity index (χ4n) is 3.32. The molecule has 2 atom stereocenters. The van der Waals surface area contributed by atoms with Gasteiger partial charge in [-0.3, -0.25) is 0 Å². The van der Waals surface area contributed by atoms with Crippen molar-refractivity contribution in [3.8, 4) is 11.5 Å². The van der Waals surface area contributed by atoms with Gasteiger partial charge >= 0.3 is 12.1 Å². The van der Waals surface area contributed by atoms with E-state index < -0.39 is 41.0 Å². The molecule has 0 aliphatic rings. The maximum absolute atomic E-state index is 14.2. The largest absolute Gasteiger partial charge is 0.493 e. The smallest absolute Gasteiger partial charge is 0.417 e. The van der Waals surface area contributed by atoms with Gasteiger partial charge in [0.2, 0.25) is 0 Å². The number of hydrogen-bond acceptors (Lipinski definition) is 5. The Morgan fingerprint density at radius 3 is 2.41 bits per heavy atom. The Bertz CT molecular complexity index is 923. The highest BCUT2D eigenvalue weighted by Crippen LogP contribution is 2.44. The maximum atomic E-state index is 14.2. The molecule has 8 heteroatoms. The second kappa shape index (κ2) is 11.2. The fourth-order valence-corrected chi connectivity index (χ4v) is 3.32. The highest BCUT2D eigenvalue weighted by atomic mass is 19.4. The average molecular weight is 452 g/mol. The predicted octanol–water partition coefficient (Wildman–Crippen LogP) is 5.81. The van der Waals surface area contributed by atoms with Gasteiger partial charge < -0.3 is 19.3 Å². The number of aliphatic hydroxyl groups excluding tert-OH is 1. The van der Waals surface area contributed by atoms with E-state index in [0.717, 1.165) is 18.6 Å². The fraction of sp³-hybridized carbons (Fsp3) is 0.375. The molecule has 0 bridgehead atoms. The normalized spacial score (nSPS) is 13.3. The SMILES string of the molecule is C=Cc1c(C(=O)Oc2ccccc2)c(OCCCC)cc(C(OC)C(C)O)c1C(F)(F)F. The molecular formula is C24H27F3O5. The summed E-state index contributed by atoms with van der Waals surface area (Å²) in [7, 11) is 1.19. The van der Waals surface area contributed by atoms with Crippen LogP contribution in [0.15, 0.2) is 43.0 Å². The minimum Gasteiger partial charge on any atom is -0.493 e. The summed E-state index contributed by atoms with van der Waals surface area (Å²) < 4.78 is 58.7. The highest BCUT2D eigenvalue weighted by Gasteiger charge is 2.41. The Hall–Kier alpha value is -2.84. The van der Waals surface area contributed by atoms with Crippen molar-refractivity contribution < 1.29 is 37.3 Å². The van der Waals surface area contributed by atoms with Crippen molar-refractivity contribution in [1.82, 2.24) is 0 Å². The first-order valence-corrected chi connectivity index (χ1v) is 10.2. The summed E-state index contributed by atoms with van der Waals surface area (Å²) in [5, 5.41) is 10.0. The molecule has 2 unspecified atom stereocenters. The maximum Gasteiger partial charge on any atom is 0.417 e. The first kappa shape index (κ1) is 25.4. The van der Waals surface area contributed by atoms with Crippen molar-refractivity contribution in [2.75, 3.05) is 13.7 Å². The Labute approximate surface area is 185 Å². The van der Waals surface area contributed by atoms with Gasteiger partial charge in [-0.15, -0.1) is 0 Å². The van der Waals surface area contributed by atoms with Gasteiger partial charge in [-0.2, -0.15) is 13.2 Å². The number of unbranched alkanes of at least 4 members (excludes halogenated alkanes) is 1. The van der Waals surface area contributed by atoms with Crippen molar-refractivity contribution in [3.63, 3.8) is 0 Å². The van der Waals surface area contributed by atoms with Gasteiger partial charge in [0, 0.05) is 12.7 Å². The zero-order valence-corrected chi connectivity index (χ0v) is 18.2. The first-order chi connectivity index (χ1) is 15.1. The molecular weight excluding hydrogens is 425 g/mol. The summed E-state index contributed by atoms with van der Waals surface area (Å²) in [6.45, 7) is 6.92. The van der Waals surface area contributed by atoms with E-state index in [0.29, 0.717) is 6.42 Å². The molecule has 0 saturated heterocycles. The molecule has 0 heterocycles. The van der Waals surface area contributed by atoms with Crippen LogP contribution in [-0.2, 0) is 10.9 Å². The first-order valence-electron chi connectivity index (χ1n) is 10.2. The minimum atomic E-state index is -4.87. The molecule has 2 aromatic carbocycles. The summed E-state index contributed by atoms with van der Waals surface area (Å²) in [5.41, 5.74) is -2.38. The van der Waals surface area contributed by atoms with Crippen LogP contribution in [-0.4, -0.2) is 30.9 Å². The second-order valence-electron chi connectivity index (χ2n) is 7.13. The average Bonchev–Trinajstić information content (AvgIpc) is 2.73. The lowest BCUT2D eigenvalue weighted by Crippen LogP contribution is -2.25. The quantitative estimate of drug-likeness (QED) is 0.280. The Kier molecular flexibility index (Phi) is 8.86. The number of halogens is 3. The number of methoxy groups -OCH3 is 1. The van der Waals surface area contributed by atoms with Crippen LogP contribution in [0.1, 0.15) is 59.8 Å². The second-order valence-corrected chi connectivity index (χ2v) is 7.13. The van der Waals surface area contributed by atoms with Crippen molar-refractivity contribution in [3.05, 3.63) is 65.2 Å². The van der Waals surface area contributed by atoms with Gasteiger partial charge in [0.15, 0.2) is 0 Å². The van der Waals surface area contributed by atoms with Crippen LogP contribution < -0.4 is 9.47 Å². The van der Waals surface area contributed by atoms with Crippen molar-refractivity contribution in [2.24, 2.45) is 0 Å². The minimum absolute atomic E-state index is 0.0972. The molecule has 2 rings (SSSR count). The van der Waals surface area contributed by atoms with E-state index in [1.807, 2.05) is 6.92 Å². The predicted molar refractivity (Wildman–Crippen MR) is 115 cm³/mol. The summed E-state index contributed by atoms with van der Waals surface area (Å²) >= 11 is 0. The molecule has 0 aromatic heterocycles. The standard InChI is InChI=1S/C24H27F3O5/c1-5-7-13-31-19-14-18(22(30-4)15(3)28)21(24(25,26)27)17(6-2)20(19)23(29)32-16-11-9-8-10-12-16/h6,8-12,14-15,22,28H,2,5,7,13H2,1,3-4H3. The van der Waals surface area contributed by atoms with Gasteiger partial charge in [-0.1, -0.05) is 44.2 Å². The molecule has 0 spiro atoms. The molecule has 174 valence electrons. The Morgan fingerprint density at radius 1 is 1.25 bits per heavy atom. The van der Waals surface area contributed by atoms with Gasteiger partial charge in [-0.05, 0) is 37.1 Å². The lowest BCUT2D eigenvalue weighted by atomic mass is 9.90. The van der Waals surface area contributed by atoms with Crippen LogP contribution >= 0.6 is 0 Å². The number of carbonyl (C=O) groups is 1. The molecule has 0 radical (unpaired) electrons. The lowest BCUT2D eigenvalue weighted by Gasteiger charge is -2.27. The van der Waals surface area contributed by atoms with Crippen LogP contribution in [0.4, 0.5) is 13.2 Å². The summed E-state index contributed by atoms with van der Waals surface area (Å²) in [6.07, 6.45) is -5.09. The number of aliphatic hydroxyl groups is 1. The van der Waals surface area contributed by atoms with E-state index in [2.05, 4.69) is 6.58 Å². The van der Waals surface area contributed by atoms with Crippen molar-refractivity contribution in [1.29, 1.82) is 0 Å². The molecule has 0 amide bonds. The van der Waals surface area contributed by atoms with Crippen LogP contribution in [0, 0.1) is 0 Å². The summed E-state index contributed by atoms with van der Waals surface area (Å²) in [5.74, 6) is -0.941. The summed E-state index contributed by atoms with van der Waals surface area (Å²) in [6, 6.07) is 9.09. The Morgan fingerprint density at radius 2 is 1.91 bits per heavy atom. The van der Waals surface area contributed by atoms with Gasteiger partial charge in [0.25, 0.3) is 0 Å². The molecule has 0 aliphatic heterocycles. The van der Waals surface area contributed by atoms with Crippen LogP contribution in [0.2, 0.25) is 0 Å². The van der Waals surface area contributed by atoms with E-state index in [1.54, 1.807) is 18.2 Å². The third-order valence-electron chi connectivity index (χ3n) is 4.76. The van der Waals surface area contributed by atoms with Crippen molar-refractivity contribution >= 4 is 12.0 Å². The number of rotatable bonds is 10. The lowest BCUT2D eigenvalue weighted by molar-refractivity contribution is -0.140. The van der Waals surface area contributed by atoms with E-state index in [9.17, 15) is 23.1 Å². The molecule has 0 aliphatic carbocycles. The molecule has 1 N–H and O–H groups in total. The zero-order valence-electron chi connectivity index (χ0n) is 18.2. The van der Waals surface area contributed by atoms with Gasteiger partial charge in [-0.25, -0.2) is 4.79 Å². The number of esters is 1. The number of para-hydroxylation sites is 1. The molecule has 32 heavy (non-hydrogen) atoms. The number of benzene rings is 2. The summed E-state index contributed by atoms with van der Waals surface area (Å²) in [4.78, 5) is 13.0. The Balaban J connectivity index is 2.78. The number of alkyl halides is 3. The number of ether oxygens (including phenoxy) is 3. The molecule has 0 saturated carbocycles. The third-order valence-corrected chi connectivity index (χ3v) is 4.76. The monoisotopic (exact) mass is 452 g/mol. The topological polar surface area (TPSA) is 65.0 Å². The number of hydrogen-bond donors (Lipinski definition) is 1. The molecule has 2 aromatic rings. The zero-order chi connectivity index (χ0) is 23.9. The van der Waals surface area contributed by atoms with Crippen LogP contribution in [0.25, 0.3) is 6.08 Å².